The third-order valence-corrected chi connectivity index (χ3v) is 3.63. The molecule has 0 aliphatic carbocycles. The fraction of sp³-hybridized carbons (Fsp3) is 0.600. The summed E-state index contributed by atoms with van der Waals surface area (Å²) in [6.07, 6.45) is 3.44. The van der Waals surface area contributed by atoms with Crippen molar-refractivity contribution in [1.29, 1.82) is 0 Å². The standard InChI is InChI=1S/C15H24ClN/c1-4-9-15(11-17,10-12(2)3)13-5-7-14(16)8-6-13/h5-8,12H,4,9-11,17H2,1-3H3. The molecule has 2 heteroatoms. The molecule has 0 aromatic heterocycles. The van der Waals surface area contributed by atoms with Crippen molar-refractivity contribution in [3.63, 3.8) is 0 Å². The van der Waals surface area contributed by atoms with Crippen LogP contribution < -0.4 is 5.73 Å². The molecule has 17 heavy (non-hydrogen) atoms. The Kier molecular flexibility index (Phi) is 5.48. The van der Waals surface area contributed by atoms with Crippen LogP contribution in [0.15, 0.2) is 24.3 Å². The van der Waals surface area contributed by atoms with Crippen molar-refractivity contribution in [2.45, 2.75) is 45.4 Å². The normalized spacial score (nSPS) is 14.9. The summed E-state index contributed by atoms with van der Waals surface area (Å²) in [5, 5.41) is 0.792. The quantitative estimate of drug-likeness (QED) is 0.800. The van der Waals surface area contributed by atoms with Crippen molar-refractivity contribution < 1.29 is 0 Å². The van der Waals surface area contributed by atoms with E-state index < -0.39 is 0 Å². The zero-order valence-electron chi connectivity index (χ0n) is 11.2. The highest BCUT2D eigenvalue weighted by Crippen LogP contribution is 2.35. The van der Waals surface area contributed by atoms with Crippen LogP contribution in [0.25, 0.3) is 0 Å². The van der Waals surface area contributed by atoms with Crippen LogP contribution >= 0.6 is 11.6 Å². The number of nitrogens with two attached hydrogens (primary N) is 1. The van der Waals surface area contributed by atoms with E-state index in [0.717, 1.165) is 24.3 Å². The van der Waals surface area contributed by atoms with E-state index in [2.05, 4.69) is 32.9 Å². The van der Waals surface area contributed by atoms with Crippen LogP contribution in [0.3, 0.4) is 0 Å². The average Bonchev–Trinajstić information content (AvgIpc) is 2.28. The Hall–Kier alpha value is -0.530. The van der Waals surface area contributed by atoms with Gasteiger partial charge in [0.15, 0.2) is 0 Å². The van der Waals surface area contributed by atoms with Crippen LogP contribution in [0.1, 0.15) is 45.6 Å². The molecule has 1 rings (SSSR count). The maximum Gasteiger partial charge on any atom is 0.0406 e. The SMILES string of the molecule is CCCC(CN)(CC(C)C)c1ccc(Cl)cc1. The van der Waals surface area contributed by atoms with Gasteiger partial charge in [0.2, 0.25) is 0 Å². The Morgan fingerprint density at radius 3 is 2.24 bits per heavy atom. The molecule has 0 aliphatic rings. The molecule has 0 fully saturated rings. The summed E-state index contributed by atoms with van der Waals surface area (Å²) in [5.74, 6) is 0.653. The summed E-state index contributed by atoms with van der Waals surface area (Å²) in [5.41, 5.74) is 7.53. The lowest BCUT2D eigenvalue weighted by Gasteiger charge is -2.35. The van der Waals surface area contributed by atoms with Gasteiger partial charge < -0.3 is 5.73 Å². The lowest BCUT2D eigenvalue weighted by molar-refractivity contribution is 0.321. The van der Waals surface area contributed by atoms with Gasteiger partial charge in [-0.05, 0) is 36.5 Å². The molecular formula is C15H24ClN. The van der Waals surface area contributed by atoms with Crippen LogP contribution in [-0.2, 0) is 5.41 Å². The molecule has 2 N–H and O–H groups in total. The zero-order valence-corrected chi connectivity index (χ0v) is 11.9. The molecule has 1 atom stereocenters. The lowest BCUT2D eigenvalue weighted by atomic mass is 9.71. The summed E-state index contributed by atoms with van der Waals surface area (Å²) in [7, 11) is 0. The van der Waals surface area contributed by atoms with Crippen molar-refractivity contribution in [2.24, 2.45) is 11.7 Å². The smallest absolute Gasteiger partial charge is 0.0406 e. The molecule has 1 unspecified atom stereocenters. The van der Waals surface area contributed by atoms with Crippen LogP contribution in [0, 0.1) is 5.92 Å². The highest BCUT2D eigenvalue weighted by atomic mass is 35.5. The molecule has 0 saturated heterocycles. The monoisotopic (exact) mass is 253 g/mol. The predicted molar refractivity (Wildman–Crippen MR) is 76.5 cm³/mol. The Morgan fingerprint density at radius 1 is 1.24 bits per heavy atom. The van der Waals surface area contributed by atoms with E-state index in [1.54, 1.807) is 0 Å². The van der Waals surface area contributed by atoms with Crippen molar-refractivity contribution in [2.75, 3.05) is 6.54 Å². The van der Waals surface area contributed by atoms with Gasteiger partial charge in [0.05, 0.1) is 0 Å². The summed E-state index contributed by atoms with van der Waals surface area (Å²) >= 11 is 5.96. The number of hydrogen-bond donors (Lipinski definition) is 1. The summed E-state index contributed by atoms with van der Waals surface area (Å²) in [6.45, 7) is 7.45. The first-order valence-electron chi connectivity index (χ1n) is 6.50. The molecule has 0 saturated carbocycles. The van der Waals surface area contributed by atoms with Gasteiger partial charge in [0.1, 0.15) is 0 Å². The second-order valence-electron chi connectivity index (χ2n) is 5.34. The van der Waals surface area contributed by atoms with E-state index in [1.807, 2.05) is 12.1 Å². The first kappa shape index (κ1) is 14.5. The van der Waals surface area contributed by atoms with Gasteiger partial charge in [0, 0.05) is 17.0 Å². The number of hydrogen-bond acceptors (Lipinski definition) is 1. The first-order valence-corrected chi connectivity index (χ1v) is 6.88. The predicted octanol–water partition coefficient (Wildman–Crippen LogP) is 4.38. The van der Waals surface area contributed by atoms with E-state index in [-0.39, 0.29) is 5.41 Å². The van der Waals surface area contributed by atoms with Gasteiger partial charge in [0.25, 0.3) is 0 Å². The topological polar surface area (TPSA) is 26.0 Å². The minimum Gasteiger partial charge on any atom is -0.330 e. The molecule has 1 nitrogen and oxygen atoms in total. The fourth-order valence-corrected chi connectivity index (χ4v) is 2.86. The van der Waals surface area contributed by atoms with Crippen molar-refractivity contribution in [1.82, 2.24) is 0 Å². The van der Waals surface area contributed by atoms with E-state index in [9.17, 15) is 0 Å². The van der Waals surface area contributed by atoms with Gasteiger partial charge in [-0.3, -0.25) is 0 Å². The van der Waals surface area contributed by atoms with Gasteiger partial charge >= 0.3 is 0 Å². The molecule has 1 aromatic carbocycles. The van der Waals surface area contributed by atoms with Gasteiger partial charge in [-0.2, -0.15) is 0 Å². The minimum atomic E-state index is 0.119. The molecule has 0 spiro atoms. The van der Waals surface area contributed by atoms with E-state index in [0.29, 0.717) is 12.5 Å². The molecule has 1 aromatic rings. The van der Waals surface area contributed by atoms with E-state index in [4.69, 9.17) is 17.3 Å². The maximum absolute atomic E-state index is 6.08. The summed E-state index contributed by atoms with van der Waals surface area (Å²) < 4.78 is 0. The van der Waals surface area contributed by atoms with E-state index >= 15 is 0 Å². The van der Waals surface area contributed by atoms with Crippen molar-refractivity contribution >= 4 is 11.6 Å². The largest absolute Gasteiger partial charge is 0.330 e. The van der Waals surface area contributed by atoms with Crippen LogP contribution in [-0.4, -0.2) is 6.54 Å². The average molecular weight is 254 g/mol. The second kappa shape index (κ2) is 6.42. The van der Waals surface area contributed by atoms with Crippen LogP contribution in [0.5, 0.6) is 0 Å². The molecule has 0 radical (unpaired) electrons. The molecule has 0 amide bonds. The molecule has 0 aliphatic heterocycles. The molecule has 0 heterocycles. The molecular weight excluding hydrogens is 230 g/mol. The number of benzene rings is 1. The Bertz CT molecular complexity index is 331. The summed E-state index contributed by atoms with van der Waals surface area (Å²) in [6, 6.07) is 8.20. The van der Waals surface area contributed by atoms with Crippen LogP contribution in [0.4, 0.5) is 0 Å². The summed E-state index contributed by atoms with van der Waals surface area (Å²) in [4.78, 5) is 0. The van der Waals surface area contributed by atoms with Crippen LogP contribution in [0.2, 0.25) is 5.02 Å². The Morgan fingerprint density at radius 2 is 1.82 bits per heavy atom. The third-order valence-electron chi connectivity index (χ3n) is 3.37. The highest BCUT2D eigenvalue weighted by Gasteiger charge is 2.30. The minimum absolute atomic E-state index is 0.119. The number of halogens is 1. The lowest BCUT2D eigenvalue weighted by Crippen LogP contribution is -2.36. The van der Waals surface area contributed by atoms with Crippen molar-refractivity contribution in [3.05, 3.63) is 34.9 Å². The Labute approximate surface area is 110 Å². The highest BCUT2D eigenvalue weighted by molar-refractivity contribution is 6.30. The fourth-order valence-electron chi connectivity index (χ4n) is 2.73. The Balaban J connectivity index is 3.06. The van der Waals surface area contributed by atoms with Crippen molar-refractivity contribution in [3.8, 4) is 0 Å². The molecule has 0 bridgehead atoms. The zero-order chi connectivity index (χ0) is 12.9. The van der Waals surface area contributed by atoms with Gasteiger partial charge in [-0.1, -0.05) is 50.9 Å². The third kappa shape index (κ3) is 3.72. The first-order chi connectivity index (χ1) is 8.04. The van der Waals surface area contributed by atoms with Gasteiger partial charge in [-0.15, -0.1) is 0 Å². The number of rotatable bonds is 6. The molecule has 96 valence electrons. The second-order valence-corrected chi connectivity index (χ2v) is 5.78. The van der Waals surface area contributed by atoms with E-state index in [1.165, 1.54) is 5.56 Å². The van der Waals surface area contributed by atoms with Gasteiger partial charge in [-0.25, -0.2) is 0 Å². The maximum atomic E-state index is 6.08.